The van der Waals surface area contributed by atoms with Crippen LogP contribution in [0.15, 0.2) is 0 Å². The Balaban J connectivity index is 2.04. The second-order valence-electron chi connectivity index (χ2n) is 5.17. The number of hydrogen-bond acceptors (Lipinski definition) is 4. The van der Waals surface area contributed by atoms with Crippen LogP contribution in [0.2, 0.25) is 5.15 Å². The van der Waals surface area contributed by atoms with Crippen LogP contribution in [-0.2, 0) is 13.0 Å². The van der Waals surface area contributed by atoms with Gasteiger partial charge in [0.2, 0.25) is 0 Å². The zero-order valence-corrected chi connectivity index (χ0v) is 12.8. The summed E-state index contributed by atoms with van der Waals surface area (Å²) < 4.78 is 1.99. The van der Waals surface area contributed by atoms with Crippen molar-refractivity contribution < 1.29 is 4.79 Å². The van der Waals surface area contributed by atoms with Crippen molar-refractivity contribution in [2.45, 2.75) is 32.7 Å². The first-order chi connectivity index (χ1) is 9.76. The molecule has 1 aliphatic rings. The Morgan fingerprint density at radius 2 is 2.10 bits per heavy atom. The standard InChI is InChI=1S/C14H23ClN4O/c1-2-3-4-13-17-14(15)12(11-20)19(13)10-9-18-7-5-16-6-8-18/h11,16H,2-10H2,1H3. The highest BCUT2D eigenvalue weighted by atomic mass is 35.5. The van der Waals surface area contributed by atoms with Crippen LogP contribution in [0.3, 0.4) is 0 Å². The second-order valence-corrected chi connectivity index (χ2v) is 5.53. The number of hydrogen-bond donors (Lipinski definition) is 1. The number of nitrogens with one attached hydrogen (secondary N) is 1. The third-order valence-electron chi connectivity index (χ3n) is 3.76. The highest BCUT2D eigenvalue weighted by molar-refractivity contribution is 6.31. The maximum atomic E-state index is 11.2. The average Bonchev–Trinajstić information content (AvgIpc) is 2.79. The smallest absolute Gasteiger partial charge is 0.169 e. The molecule has 1 N–H and O–H groups in total. The number of imidazole rings is 1. The van der Waals surface area contributed by atoms with Crippen LogP contribution in [0.1, 0.15) is 36.1 Å². The van der Waals surface area contributed by atoms with Gasteiger partial charge in [-0.1, -0.05) is 24.9 Å². The molecule has 6 heteroatoms. The Bertz CT molecular complexity index is 441. The molecular weight excluding hydrogens is 276 g/mol. The minimum Gasteiger partial charge on any atom is -0.323 e. The van der Waals surface area contributed by atoms with Crippen LogP contribution in [0.4, 0.5) is 0 Å². The van der Waals surface area contributed by atoms with E-state index in [2.05, 4.69) is 22.1 Å². The lowest BCUT2D eigenvalue weighted by atomic mass is 10.2. The van der Waals surface area contributed by atoms with Gasteiger partial charge in [-0.3, -0.25) is 9.69 Å². The molecule has 0 bridgehead atoms. The topological polar surface area (TPSA) is 50.2 Å². The lowest BCUT2D eigenvalue weighted by molar-refractivity contribution is 0.111. The van der Waals surface area contributed by atoms with Gasteiger partial charge in [0.15, 0.2) is 11.4 Å². The number of aryl methyl sites for hydroxylation is 1. The minimum atomic E-state index is 0.339. The van der Waals surface area contributed by atoms with Crippen molar-refractivity contribution in [3.05, 3.63) is 16.7 Å². The van der Waals surface area contributed by atoms with Gasteiger partial charge in [0, 0.05) is 45.7 Å². The molecule has 0 radical (unpaired) electrons. The van der Waals surface area contributed by atoms with E-state index < -0.39 is 0 Å². The summed E-state index contributed by atoms with van der Waals surface area (Å²) in [5.74, 6) is 0.939. The van der Waals surface area contributed by atoms with Crippen LogP contribution < -0.4 is 5.32 Å². The number of aromatic nitrogens is 2. The van der Waals surface area contributed by atoms with Gasteiger partial charge in [0.25, 0.3) is 0 Å². The van der Waals surface area contributed by atoms with Crippen LogP contribution in [0, 0.1) is 0 Å². The monoisotopic (exact) mass is 298 g/mol. The first-order valence-corrected chi connectivity index (χ1v) is 7.77. The number of aldehydes is 1. The molecule has 1 saturated heterocycles. The quantitative estimate of drug-likeness (QED) is 0.777. The Labute approximate surface area is 125 Å². The van der Waals surface area contributed by atoms with Crippen molar-refractivity contribution in [1.82, 2.24) is 19.8 Å². The summed E-state index contributed by atoms with van der Waals surface area (Å²) in [6, 6.07) is 0. The summed E-state index contributed by atoms with van der Waals surface area (Å²) in [7, 11) is 0. The maximum Gasteiger partial charge on any atom is 0.169 e. The Kier molecular flexibility index (Phi) is 6.01. The van der Waals surface area contributed by atoms with Crippen molar-refractivity contribution in [2.75, 3.05) is 32.7 Å². The number of piperazine rings is 1. The molecule has 0 aromatic carbocycles. The molecule has 2 rings (SSSR count). The summed E-state index contributed by atoms with van der Waals surface area (Å²) in [4.78, 5) is 18.0. The SMILES string of the molecule is CCCCc1nc(Cl)c(C=O)n1CCN1CCNCC1. The number of rotatable bonds is 7. The first kappa shape index (κ1) is 15.5. The third kappa shape index (κ3) is 3.81. The largest absolute Gasteiger partial charge is 0.323 e. The van der Waals surface area contributed by atoms with Crippen LogP contribution >= 0.6 is 11.6 Å². The lowest BCUT2D eigenvalue weighted by Gasteiger charge is -2.27. The van der Waals surface area contributed by atoms with Crippen molar-refractivity contribution in [3.63, 3.8) is 0 Å². The molecule has 0 saturated carbocycles. The molecule has 5 nitrogen and oxygen atoms in total. The van der Waals surface area contributed by atoms with Crippen molar-refractivity contribution in [3.8, 4) is 0 Å². The fourth-order valence-corrected chi connectivity index (χ4v) is 2.79. The molecule has 112 valence electrons. The van der Waals surface area contributed by atoms with E-state index in [4.69, 9.17) is 11.6 Å². The number of carbonyl (C=O) groups excluding carboxylic acids is 1. The fraction of sp³-hybridized carbons (Fsp3) is 0.714. The van der Waals surface area contributed by atoms with E-state index in [0.29, 0.717) is 10.8 Å². The number of carbonyl (C=O) groups is 1. The summed E-state index contributed by atoms with van der Waals surface area (Å²) >= 11 is 6.06. The highest BCUT2D eigenvalue weighted by Crippen LogP contribution is 2.17. The van der Waals surface area contributed by atoms with Gasteiger partial charge in [-0.2, -0.15) is 0 Å². The molecule has 2 heterocycles. The van der Waals surface area contributed by atoms with Gasteiger partial charge in [0.1, 0.15) is 11.5 Å². The average molecular weight is 299 g/mol. The Morgan fingerprint density at radius 1 is 1.35 bits per heavy atom. The zero-order chi connectivity index (χ0) is 14.4. The van der Waals surface area contributed by atoms with E-state index in [9.17, 15) is 4.79 Å². The predicted molar refractivity (Wildman–Crippen MR) is 80.5 cm³/mol. The van der Waals surface area contributed by atoms with Crippen LogP contribution in [0.5, 0.6) is 0 Å². The molecule has 0 aliphatic carbocycles. The van der Waals surface area contributed by atoms with Crippen LogP contribution in [-0.4, -0.2) is 53.5 Å². The van der Waals surface area contributed by atoms with E-state index in [-0.39, 0.29) is 0 Å². The molecule has 0 atom stereocenters. The molecule has 20 heavy (non-hydrogen) atoms. The predicted octanol–water partition coefficient (Wildman–Crippen LogP) is 1.60. The van der Waals surface area contributed by atoms with Gasteiger partial charge < -0.3 is 9.88 Å². The molecule has 1 fully saturated rings. The summed E-state index contributed by atoms with van der Waals surface area (Å²) in [5.41, 5.74) is 0.521. The third-order valence-corrected chi connectivity index (χ3v) is 4.03. The molecule has 1 aliphatic heterocycles. The summed E-state index contributed by atoms with van der Waals surface area (Å²) in [6.45, 7) is 8.06. The maximum absolute atomic E-state index is 11.2. The van der Waals surface area contributed by atoms with Gasteiger partial charge in [-0.15, -0.1) is 0 Å². The zero-order valence-electron chi connectivity index (χ0n) is 12.1. The minimum absolute atomic E-state index is 0.339. The highest BCUT2D eigenvalue weighted by Gasteiger charge is 2.16. The van der Waals surface area contributed by atoms with E-state index in [1.165, 1.54) is 0 Å². The van der Waals surface area contributed by atoms with Gasteiger partial charge >= 0.3 is 0 Å². The van der Waals surface area contributed by atoms with E-state index in [1.54, 1.807) is 0 Å². The summed E-state index contributed by atoms with van der Waals surface area (Å²) in [5, 5.41) is 3.68. The first-order valence-electron chi connectivity index (χ1n) is 7.39. The van der Waals surface area contributed by atoms with Gasteiger partial charge in [0.05, 0.1) is 0 Å². The van der Waals surface area contributed by atoms with Gasteiger partial charge in [-0.05, 0) is 6.42 Å². The van der Waals surface area contributed by atoms with E-state index in [1.807, 2.05) is 4.57 Å². The van der Waals surface area contributed by atoms with Crippen molar-refractivity contribution >= 4 is 17.9 Å². The number of halogens is 1. The molecule has 1 aromatic rings. The number of unbranched alkanes of at least 4 members (excludes halogenated alkanes) is 1. The van der Waals surface area contributed by atoms with Crippen molar-refractivity contribution in [1.29, 1.82) is 0 Å². The molecule has 0 unspecified atom stereocenters. The Morgan fingerprint density at radius 3 is 2.75 bits per heavy atom. The molecule has 0 spiro atoms. The summed E-state index contributed by atoms with van der Waals surface area (Å²) in [6.07, 6.45) is 3.88. The Hall–Kier alpha value is -0.910. The van der Waals surface area contributed by atoms with E-state index >= 15 is 0 Å². The van der Waals surface area contributed by atoms with Crippen molar-refractivity contribution in [2.24, 2.45) is 0 Å². The van der Waals surface area contributed by atoms with E-state index in [0.717, 1.165) is 70.6 Å². The fourth-order valence-electron chi connectivity index (χ4n) is 2.55. The molecule has 1 aromatic heterocycles. The lowest BCUT2D eigenvalue weighted by Crippen LogP contribution is -2.44. The normalized spacial score (nSPS) is 16.5. The second kappa shape index (κ2) is 7.76. The molecule has 0 amide bonds. The number of nitrogens with zero attached hydrogens (tertiary/aromatic N) is 3. The van der Waals surface area contributed by atoms with Crippen LogP contribution in [0.25, 0.3) is 0 Å². The van der Waals surface area contributed by atoms with Gasteiger partial charge in [-0.25, -0.2) is 4.98 Å². The molecular formula is C14H23ClN4O.